The first-order valence-electron chi connectivity index (χ1n) is 15.5. The van der Waals surface area contributed by atoms with Gasteiger partial charge in [-0.1, -0.05) is 30.3 Å². The average molecular weight is 672 g/mol. The zero-order valence-corrected chi connectivity index (χ0v) is 27.1. The number of anilines is 3. The van der Waals surface area contributed by atoms with Gasteiger partial charge in [0.2, 0.25) is 5.91 Å². The van der Waals surface area contributed by atoms with E-state index >= 15 is 0 Å². The Labute approximate surface area is 283 Å². The third-order valence-corrected chi connectivity index (χ3v) is 8.52. The van der Waals surface area contributed by atoms with Crippen molar-refractivity contribution < 1.29 is 32.7 Å². The minimum absolute atomic E-state index is 0.0982. The lowest BCUT2D eigenvalue weighted by atomic mass is 10.0. The molecule has 2 aromatic heterocycles. The van der Waals surface area contributed by atoms with E-state index < -0.39 is 23.1 Å². The molecule has 7 rings (SSSR count). The molecule has 2 N–H and O–H groups in total. The first-order valence-corrected chi connectivity index (χ1v) is 15.5. The molecule has 1 aliphatic heterocycles. The van der Waals surface area contributed by atoms with Crippen molar-refractivity contribution in [2.75, 3.05) is 36.3 Å². The maximum absolute atomic E-state index is 13.3. The molecule has 6 aromatic rings. The molecule has 0 bridgehead atoms. The average Bonchev–Trinajstić information content (AvgIpc) is 3.54. The fraction of sp³-hybridized carbons (Fsp3) is 0.132. The van der Waals surface area contributed by atoms with Crippen LogP contribution in [0.15, 0.2) is 103 Å². The van der Waals surface area contributed by atoms with Gasteiger partial charge < -0.3 is 33.8 Å². The highest BCUT2D eigenvalue weighted by Gasteiger charge is 2.24. The van der Waals surface area contributed by atoms with Crippen LogP contribution in [0, 0.1) is 0 Å². The molecule has 0 fully saturated rings. The van der Waals surface area contributed by atoms with Crippen LogP contribution in [0.3, 0.4) is 0 Å². The molecular weight excluding hydrogens is 642 g/mol. The van der Waals surface area contributed by atoms with E-state index in [0.29, 0.717) is 52.0 Å². The second-order valence-electron chi connectivity index (χ2n) is 11.6. The Morgan fingerprint density at radius 3 is 2.00 bits per heavy atom. The summed E-state index contributed by atoms with van der Waals surface area (Å²) < 4.78 is 21.8. The number of benzene rings is 4. The van der Waals surface area contributed by atoms with Gasteiger partial charge in [0.25, 0.3) is 11.8 Å². The number of fused-ring (bicyclic) bond motifs is 3. The van der Waals surface area contributed by atoms with Gasteiger partial charge >= 0.3 is 11.3 Å². The minimum atomic E-state index is -0.853. The summed E-state index contributed by atoms with van der Waals surface area (Å²) in [5.41, 5.74) is 2.13. The van der Waals surface area contributed by atoms with Gasteiger partial charge in [0, 0.05) is 41.3 Å². The van der Waals surface area contributed by atoms with Crippen LogP contribution in [0.25, 0.3) is 33.1 Å². The zero-order valence-electron chi connectivity index (χ0n) is 27.1. The summed E-state index contributed by atoms with van der Waals surface area (Å²) >= 11 is 0. The van der Waals surface area contributed by atoms with E-state index in [2.05, 4.69) is 10.6 Å². The first kappa shape index (κ1) is 31.9. The van der Waals surface area contributed by atoms with Gasteiger partial charge in [0.15, 0.2) is 22.7 Å². The van der Waals surface area contributed by atoms with Crippen molar-refractivity contribution in [2.45, 2.75) is 13.3 Å². The van der Waals surface area contributed by atoms with Crippen LogP contribution in [0.1, 0.15) is 33.2 Å². The summed E-state index contributed by atoms with van der Waals surface area (Å²) in [5.74, 6) is -0.814. The number of amides is 3. The third kappa shape index (κ3) is 5.83. The van der Waals surface area contributed by atoms with Crippen molar-refractivity contribution in [3.05, 3.63) is 122 Å². The van der Waals surface area contributed by atoms with E-state index in [0.717, 1.165) is 11.3 Å². The second kappa shape index (κ2) is 12.7. The number of hydrogen-bond acceptors (Lipinski definition) is 9. The lowest BCUT2D eigenvalue weighted by molar-refractivity contribution is -0.116. The van der Waals surface area contributed by atoms with E-state index in [-0.39, 0.29) is 33.9 Å². The predicted octanol–water partition coefficient (Wildman–Crippen LogP) is 6.00. The zero-order chi connectivity index (χ0) is 35.1. The fourth-order valence-electron chi connectivity index (χ4n) is 6.07. The fourth-order valence-corrected chi connectivity index (χ4v) is 6.07. The molecule has 12 nitrogen and oxygen atoms in total. The highest BCUT2D eigenvalue weighted by Crippen LogP contribution is 2.34. The van der Waals surface area contributed by atoms with E-state index in [1.54, 1.807) is 71.6 Å². The molecule has 0 atom stereocenters. The van der Waals surface area contributed by atoms with Gasteiger partial charge in [-0.15, -0.1) is 0 Å². The molecule has 0 saturated carbocycles. The summed E-state index contributed by atoms with van der Waals surface area (Å²) in [6.45, 7) is 2.05. The normalized spacial score (nSPS) is 12.1. The maximum Gasteiger partial charge on any atom is 0.349 e. The first-order chi connectivity index (χ1) is 24.1. The van der Waals surface area contributed by atoms with Crippen LogP contribution in [-0.2, 0) is 11.2 Å². The van der Waals surface area contributed by atoms with Crippen LogP contribution >= 0.6 is 0 Å². The number of nitrogens with one attached hydrogen (secondary N) is 2. The molecule has 0 spiro atoms. The highest BCUT2D eigenvalue weighted by molar-refractivity contribution is 6.07. The maximum atomic E-state index is 13.3. The highest BCUT2D eigenvalue weighted by atomic mass is 16.5. The molecule has 0 saturated heterocycles. The standard InChI is InChI=1S/C38H29N3O9/c1-20(42)41-13-12-21-10-11-27(19-30(21)41)40-36(44)29-17-25-14-24(18-32(48-3)34(25)50-38(29)46)22-6-4-8-26(15-22)39-35(43)28-16-23-7-5-9-31(47-2)33(23)49-37(28)45/h4-11,14-19H,12-13H2,1-3H3,(H,39,43)(H,40,44). The number of carbonyl (C=O) groups excluding carboxylic acids is 3. The number of rotatable bonds is 7. The Kier molecular flexibility index (Phi) is 8.12. The van der Waals surface area contributed by atoms with E-state index in [9.17, 15) is 24.0 Å². The minimum Gasteiger partial charge on any atom is -0.493 e. The van der Waals surface area contributed by atoms with Crippen LogP contribution in [0.2, 0.25) is 0 Å². The Hall–Kier alpha value is -6.69. The number of ether oxygens (including phenoxy) is 2. The molecule has 3 heterocycles. The smallest absolute Gasteiger partial charge is 0.349 e. The Bertz CT molecular complexity index is 2500. The number of carbonyl (C=O) groups is 3. The van der Waals surface area contributed by atoms with Gasteiger partial charge in [-0.2, -0.15) is 0 Å². The molecule has 12 heteroatoms. The summed E-state index contributed by atoms with van der Waals surface area (Å²) in [6, 6.07) is 23.5. The monoisotopic (exact) mass is 671 g/mol. The number of hydrogen-bond donors (Lipinski definition) is 2. The third-order valence-electron chi connectivity index (χ3n) is 8.52. The van der Waals surface area contributed by atoms with Crippen LogP contribution in [0.5, 0.6) is 11.5 Å². The lowest BCUT2D eigenvalue weighted by Gasteiger charge is -2.16. The van der Waals surface area contributed by atoms with Crippen LogP contribution < -0.4 is 36.3 Å². The summed E-state index contributed by atoms with van der Waals surface area (Å²) in [5, 5.41) is 6.44. The number of methoxy groups -OCH3 is 2. The Morgan fingerprint density at radius 1 is 0.680 bits per heavy atom. The molecular formula is C38H29N3O9. The quantitative estimate of drug-likeness (QED) is 0.194. The molecule has 250 valence electrons. The van der Waals surface area contributed by atoms with Crippen molar-refractivity contribution in [1.82, 2.24) is 0 Å². The molecule has 1 aliphatic rings. The van der Waals surface area contributed by atoms with Gasteiger partial charge in [-0.3, -0.25) is 14.4 Å². The predicted molar refractivity (Wildman–Crippen MR) is 188 cm³/mol. The topological polar surface area (TPSA) is 157 Å². The second-order valence-corrected chi connectivity index (χ2v) is 11.6. The molecule has 4 aromatic carbocycles. The van der Waals surface area contributed by atoms with Crippen molar-refractivity contribution in [1.29, 1.82) is 0 Å². The van der Waals surface area contributed by atoms with Gasteiger partial charge in [-0.25, -0.2) is 9.59 Å². The van der Waals surface area contributed by atoms with Crippen molar-refractivity contribution in [3.8, 4) is 22.6 Å². The van der Waals surface area contributed by atoms with Crippen molar-refractivity contribution in [2.24, 2.45) is 0 Å². The molecule has 0 unspecified atom stereocenters. The summed E-state index contributed by atoms with van der Waals surface area (Å²) in [4.78, 5) is 66.0. The largest absolute Gasteiger partial charge is 0.493 e. The van der Waals surface area contributed by atoms with Gasteiger partial charge in [0.1, 0.15) is 11.1 Å². The number of para-hydroxylation sites is 1. The van der Waals surface area contributed by atoms with E-state index in [4.69, 9.17) is 18.3 Å². The SMILES string of the molecule is COc1cccc2cc(C(=O)Nc3cccc(-c4cc(OC)c5oc(=O)c(C(=O)Nc6ccc7c(c6)N(C(C)=O)CC7)cc5c4)c3)c(=O)oc12. The molecule has 0 aliphatic carbocycles. The van der Waals surface area contributed by atoms with Crippen molar-refractivity contribution in [3.63, 3.8) is 0 Å². The lowest BCUT2D eigenvalue weighted by Crippen LogP contribution is -2.26. The van der Waals surface area contributed by atoms with Crippen LogP contribution in [0.4, 0.5) is 17.1 Å². The Morgan fingerprint density at radius 2 is 1.32 bits per heavy atom. The van der Waals surface area contributed by atoms with E-state index in [1.165, 1.54) is 33.3 Å². The van der Waals surface area contributed by atoms with Gasteiger partial charge in [-0.05, 0) is 77.7 Å². The van der Waals surface area contributed by atoms with Crippen molar-refractivity contribution >= 4 is 56.7 Å². The molecule has 0 radical (unpaired) electrons. The summed E-state index contributed by atoms with van der Waals surface area (Å²) in [6.07, 6.45) is 0.717. The Balaban J connectivity index is 1.18. The molecule has 3 amide bonds. The van der Waals surface area contributed by atoms with Gasteiger partial charge in [0.05, 0.1) is 14.2 Å². The van der Waals surface area contributed by atoms with E-state index in [1.807, 2.05) is 6.07 Å². The summed E-state index contributed by atoms with van der Waals surface area (Å²) in [7, 11) is 2.89. The molecule has 50 heavy (non-hydrogen) atoms. The number of nitrogens with zero attached hydrogens (tertiary/aromatic N) is 1. The van der Waals surface area contributed by atoms with Crippen LogP contribution in [-0.4, -0.2) is 38.5 Å².